The van der Waals surface area contributed by atoms with E-state index < -0.39 is 22.9 Å². The van der Waals surface area contributed by atoms with Crippen molar-refractivity contribution in [1.29, 1.82) is 0 Å². The molecule has 3 saturated carbocycles. The van der Waals surface area contributed by atoms with Gasteiger partial charge in [-0.1, -0.05) is 18.9 Å². The average molecular weight is 496 g/mol. The Kier molecular flexibility index (Phi) is 4.40. The summed E-state index contributed by atoms with van der Waals surface area (Å²) in [7, 11) is 0. The molecule has 8 nitrogen and oxygen atoms in total. The van der Waals surface area contributed by atoms with Gasteiger partial charge in [-0.15, -0.1) is 0 Å². The van der Waals surface area contributed by atoms with E-state index in [0.29, 0.717) is 56.9 Å². The van der Waals surface area contributed by atoms with Crippen LogP contribution in [0.15, 0.2) is 12.1 Å². The number of likely N-dealkylation sites (tertiary alicyclic amines) is 1. The predicted octanol–water partition coefficient (Wildman–Crippen LogP) is 2.62. The van der Waals surface area contributed by atoms with Gasteiger partial charge in [-0.2, -0.15) is 0 Å². The molecule has 1 N–H and O–H groups in total. The monoisotopic (exact) mass is 495 g/mol. The van der Waals surface area contributed by atoms with Crippen LogP contribution in [0, 0.1) is 11.8 Å². The summed E-state index contributed by atoms with van der Waals surface area (Å²) in [6, 6.07) is 3.53. The first kappa shape index (κ1) is 21.9. The SMILES string of the molecule is O=C(Oc1ccc2c3c1OC1C4(CC[C@@]5(O)[C@@H](C2)N(C(=O)C2CCC2)CC[C@]315)OCCO4)C1CCC1. The molecule has 3 aliphatic heterocycles. The van der Waals surface area contributed by atoms with Gasteiger partial charge in [-0.25, -0.2) is 0 Å². The van der Waals surface area contributed by atoms with Crippen molar-refractivity contribution in [3.63, 3.8) is 0 Å². The van der Waals surface area contributed by atoms with Crippen LogP contribution < -0.4 is 9.47 Å². The van der Waals surface area contributed by atoms with Crippen molar-refractivity contribution in [1.82, 2.24) is 4.90 Å². The van der Waals surface area contributed by atoms with Crippen LogP contribution in [-0.4, -0.2) is 65.2 Å². The summed E-state index contributed by atoms with van der Waals surface area (Å²) in [4.78, 5) is 28.3. The van der Waals surface area contributed by atoms with E-state index in [1.807, 2.05) is 17.0 Å². The molecule has 7 aliphatic rings. The highest BCUT2D eigenvalue weighted by molar-refractivity contribution is 5.81. The number of hydrogen-bond donors (Lipinski definition) is 1. The Morgan fingerprint density at radius 2 is 1.75 bits per heavy atom. The van der Waals surface area contributed by atoms with E-state index in [1.165, 1.54) is 0 Å². The van der Waals surface area contributed by atoms with E-state index in [2.05, 4.69) is 0 Å². The molecule has 1 aromatic rings. The molecule has 5 fully saturated rings. The normalized spacial score (nSPS) is 37.6. The molecular formula is C28H33NO7. The molecule has 192 valence electrons. The second kappa shape index (κ2) is 7.23. The van der Waals surface area contributed by atoms with Gasteiger partial charge in [0.1, 0.15) is 0 Å². The van der Waals surface area contributed by atoms with Crippen LogP contribution in [-0.2, 0) is 30.9 Å². The van der Waals surface area contributed by atoms with Crippen molar-refractivity contribution in [3.8, 4) is 11.5 Å². The highest BCUT2D eigenvalue weighted by Crippen LogP contribution is 2.68. The fraction of sp³-hybridized carbons (Fsp3) is 0.714. The molecule has 1 unspecified atom stereocenters. The van der Waals surface area contributed by atoms with Gasteiger partial charge in [0.05, 0.1) is 36.2 Å². The minimum atomic E-state index is -1.16. The van der Waals surface area contributed by atoms with E-state index >= 15 is 0 Å². The first-order valence-corrected chi connectivity index (χ1v) is 13.8. The van der Waals surface area contributed by atoms with E-state index in [-0.39, 0.29) is 29.8 Å². The summed E-state index contributed by atoms with van der Waals surface area (Å²) in [6.45, 7) is 1.54. The highest BCUT2D eigenvalue weighted by atomic mass is 16.8. The second-order valence-electron chi connectivity index (χ2n) is 12.0. The fourth-order valence-electron chi connectivity index (χ4n) is 8.33. The van der Waals surface area contributed by atoms with Gasteiger partial charge in [0.25, 0.3) is 0 Å². The zero-order chi connectivity index (χ0) is 24.3. The van der Waals surface area contributed by atoms with Gasteiger partial charge in [0.2, 0.25) is 11.7 Å². The molecule has 2 bridgehead atoms. The minimum Gasteiger partial charge on any atom is -0.479 e. The molecule has 8 heteroatoms. The summed E-state index contributed by atoms with van der Waals surface area (Å²) in [5, 5.41) is 12.7. The third-order valence-corrected chi connectivity index (χ3v) is 10.6. The van der Waals surface area contributed by atoms with Crippen LogP contribution >= 0.6 is 0 Å². The van der Waals surface area contributed by atoms with Gasteiger partial charge in [0.15, 0.2) is 17.6 Å². The summed E-state index contributed by atoms with van der Waals surface area (Å²) in [6.07, 6.45) is 7.32. The standard InChI is InChI=1S/C28H33NO7/c30-23(16-3-1-4-16)29-12-11-26-21-18-7-8-19(35-24(31)17-5-2-6-17)22(21)36-25(26)28(33-13-14-34-28)10-9-27(26,32)20(29)15-18/h7-8,16-17,20,25,32H,1-6,9-15H2/t20-,25?,26+,27-/m1/s1. The topological polar surface area (TPSA) is 94.5 Å². The van der Waals surface area contributed by atoms with Gasteiger partial charge >= 0.3 is 5.97 Å². The third kappa shape index (κ3) is 2.51. The fourth-order valence-corrected chi connectivity index (χ4v) is 8.33. The second-order valence-corrected chi connectivity index (χ2v) is 12.0. The number of carbonyl (C=O) groups excluding carboxylic acids is 2. The number of ether oxygens (including phenoxy) is 4. The number of rotatable bonds is 3. The van der Waals surface area contributed by atoms with Crippen LogP contribution in [0.4, 0.5) is 0 Å². The number of benzene rings is 1. The number of carbonyl (C=O) groups is 2. The van der Waals surface area contributed by atoms with Crippen LogP contribution in [0.25, 0.3) is 0 Å². The molecule has 2 spiro atoms. The first-order chi connectivity index (χ1) is 17.5. The molecule has 2 saturated heterocycles. The summed E-state index contributed by atoms with van der Waals surface area (Å²) in [5.41, 5.74) is 0.0641. The lowest BCUT2D eigenvalue weighted by atomic mass is 9.48. The van der Waals surface area contributed by atoms with E-state index in [4.69, 9.17) is 18.9 Å². The van der Waals surface area contributed by atoms with Gasteiger partial charge < -0.3 is 29.0 Å². The molecule has 0 aromatic heterocycles. The quantitative estimate of drug-likeness (QED) is 0.509. The maximum atomic E-state index is 13.5. The van der Waals surface area contributed by atoms with Gasteiger partial charge in [0, 0.05) is 24.4 Å². The van der Waals surface area contributed by atoms with Crippen molar-refractivity contribution in [2.75, 3.05) is 19.8 Å². The van der Waals surface area contributed by atoms with Crippen LogP contribution in [0.2, 0.25) is 0 Å². The summed E-state index contributed by atoms with van der Waals surface area (Å²) >= 11 is 0. The lowest BCUT2D eigenvalue weighted by Crippen LogP contribution is -2.80. The minimum absolute atomic E-state index is 0.0509. The number of hydrogen-bond acceptors (Lipinski definition) is 7. The smallest absolute Gasteiger partial charge is 0.314 e. The molecule has 4 atom stereocenters. The zero-order valence-electron chi connectivity index (χ0n) is 20.5. The Bertz CT molecular complexity index is 1150. The lowest BCUT2D eigenvalue weighted by molar-refractivity contribution is -0.295. The Morgan fingerprint density at radius 3 is 2.44 bits per heavy atom. The zero-order valence-corrected chi connectivity index (χ0v) is 20.5. The van der Waals surface area contributed by atoms with Crippen LogP contribution in [0.3, 0.4) is 0 Å². The Morgan fingerprint density at radius 1 is 1.00 bits per heavy atom. The maximum Gasteiger partial charge on any atom is 0.314 e. The first-order valence-electron chi connectivity index (χ1n) is 13.8. The number of esters is 1. The van der Waals surface area contributed by atoms with E-state index in [9.17, 15) is 14.7 Å². The van der Waals surface area contributed by atoms with Crippen molar-refractivity contribution < 1.29 is 33.6 Å². The number of amides is 1. The van der Waals surface area contributed by atoms with E-state index in [1.54, 1.807) is 0 Å². The van der Waals surface area contributed by atoms with Crippen molar-refractivity contribution >= 4 is 11.9 Å². The van der Waals surface area contributed by atoms with Gasteiger partial charge in [-0.3, -0.25) is 9.59 Å². The predicted molar refractivity (Wildman–Crippen MR) is 125 cm³/mol. The molecular weight excluding hydrogens is 462 g/mol. The molecule has 3 heterocycles. The Labute approximate surface area is 210 Å². The van der Waals surface area contributed by atoms with E-state index in [0.717, 1.165) is 49.7 Å². The molecule has 36 heavy (non-hydrogen) atoms. The highest BCUT2D eigenvalue weighted by Gasteiger charge is 2.78. The molecule has 1 amide bonds. The maximum absolute atomic E-state index is 13.5. The van der Waals surface area contributed by atoms with Crippen molar-refractivity contribution in [2.24, 2.45) is 11.8 Å². The largest absolute Gasteiger partial charge is 0.479 e. The number of fused-ring (bicyclic) bond motifs is 1. The van der Waals surface area contributed by atoms with Crippen molar-refractivity contribution in [3.05, 3.63) is 23.3 Å². The molecule has 8 rings (SSSR count). The average Bonchev–Trinajstić information content (AvgIpc) is 3.38. The number of piperidine rings is 1. The Balaban J connectivity index is 1.27. The summed E-state index contributed by atoms with van der Waals surface area (Å²) in [5.74, 6) is 0.0528. The Hall–Kier alpha value is -2.16. The molecule has 4 aliphatic carbocycles. The van der Waals surface area contributed by atoms with Crippen LogP contribution in [0.1, 0.15) is 68.9 Å². The van der Waals surface area contributed by atoms with Gasteiger partial charge in [-0.05, 0) is 56.6 Å². The lowest BCUT2D eigenvalue weighted by Gasteiger charge is -2.65. The third-order valence-electron chi connectivity index (χ3n) is 10.6. The molecule has 0 radical (unpaired) electrons. The molecule has 1 aromatic carbocycles. The number of nitrogens with zero attached hydrogens (tertiary/aromatic N) is 1. The van der Waals surface area contributed by atoms with Crippen molar-refractivity contribution in [2.45, 2.75) is 93.2 Å². The number of aliphatic hydroxyl groups is 1. The van der Waals surface area contributed by atoms with Crippen LogP contribution in [0.5, 0.6) is 11.5 Å². The summed E-state index contributed by atoms with van der Waals surface area (Å²) < 4.78 is 25.1.